The summed E-state index contributed by atoms with van der Waals surface area (Å²) in [6.45, 7) is 1.95. The third-order valence-electron chi connectivity index (χ3n) is 3.69. The van der Waals surface area contributed by atoms with Crippen LogP contribution in [0.25, 0.3) is 21.8 Å². The Morgan fingerprint density at radius 2 is 1.57 bits per heavy atom. The van der Waals surface area contributed by atoms with E-state index in [1.54, 1.807) is 0 Å². The number of hydrogen-bond acceptors (Lipinski definition) is 4. The normalized spacial score (nSPS) is 11.4. The number of hydrogen-bond donors (Lipinski definition) is 0. The maximum Gasteiger partial charge on any atom is 0.129 e. The molecule has 3 aromatic rings. The fourth-order valence-corrected chi connectivity index (χ4v) is 2.39. The summed E-state index contributed by atoms with van der Waals surface area (Å²) < 4.78 is 0. The highest BCUT2D eigenvalue weighted by molar-refractivity contribution is 6.03. The second-order valence-electron chi connectivity index (χ2n) is 5.61. The van der Waals surface area contributed by atoms with Gasteiger partial charge in [-0.2, -0.15) is 0 Å². The molecule has 0 spiro atoms. The largest absolute Gasteiger partial charge is 0.358 e. The van der Waals surface area contributed by atoms with Gasteiger partial charge in [0.1, 0.15) is 5.82 Å². The molecule has 0 saturated heterocycles. The Bertz CT molecular complexity index is 767. The van der Waals surface area contributed by atoms with Crippen molar-refractivity contribution < 1.29 is 0 Å². The highest BCUT2D eigenvalue weighted by Gasteiger charge is 2.07. The molecule has 0 aliphatic heterocycles. The van der Waals surface area contributed by atoms with E-state index in [9.17, 15) is 0 Å². The van der Waals surface area contributed by atoms with Crippen molar-refractivity contribution in [1.82, 2.24) is 14.9 Å². The molecule has 0 radical (unpaired) electrons. The van der Waals surface area contributed by atoms with Crippen molar-refractivity contribution in [3.05, 3.63) is 42.6 Å². The molecule has 0 aliphatic carbocycles. The molecule has 1 aromatic carbocycles. The molecule has 0 aliphatic rings. The smallest absolute Gasteiger partial charge is 0.129 e. The van der Waals surface area contributed by atoms with Crippen LogP contribution in [0.1, 0.15) is 0 Å². The van der Waals surface area contributed by atoms with E-state index in [4.69, 9.17) is 4.98 Å². The summed E-state index contributed by atoms with van der Waals surface area (Å²) in [5, 5.41) is 2.26. The maximum absolute atomic E-state index is 4.83. The van der Waals surface area contributed by atoms with Crippen LogP contribution in [0, 0.1) is 0 Å². The van der Waals surface area contributed by atoms with Gasteiger partial charge in [-0.1, -0.05) is 18.2 Å². The molecular formula is C17H20N4. The van der Waals surface area contributed by atoms with E-state index in [2.05, 4.69) is 66.3 Å². The van der Waals surface area contributed by atoms with Gasteiger partial charge >= 0.3 is 0 Å². The lowest BCUT2D eigenvalue weighted by molar-refractivity contribution is 0.416. The summed E-state index contributed by atoms with van der Waals surface area (Å²) in [6.07, 6.45) is 1.83. The first-order valence-electron chi connectivity index (χ1n) is 7.15. The van der Waals surface area contributed by atoms with E-state index in [1.807, 2.05) is 12.3 Å². The molecule has 0 unspecified atom stereocenters. The highest BCUT2D eigenvalue weighted by atomic mass is 15.2. The standard InChI is InChI=1S/C17H20N4/c1-20(2)11-12-21(3)15-9-8-14-7-6-13-5-4-10-18-16(13)17(14)19-15/h4-10H,11-12H2,1-3H3. The zero-order valence-electron chi connectivity index (χ0n) is 12.7. The monoisotopic (exact) mass is 280 g/mol. The average molecular weight is 280 g/mol. The molecule has 2 aromatic heterocycles. The van der Waals surface area contributed by atoms with Crippen LogP contribution in [0.5, 0.6) is 0 Å². The van der Waals surface area contributed by atoms with E-state index in [1.165, 1.54) is 0 Å². The van der Waals surface area contributed by atoms with Crippen LogP contribution in [-0.2, 0) is 0 Å². The van der Waals surface area contributed by atoms with Crippen molar-refractivity contribution in [3.8, 4) is 0 Å². The summed E-state index contributed by atoms with van der Waals surface area (Å²) in [5.41, 5.74) is 1.94. The molecule has 0 saturated carbocycles. The lowest BCUT2D eigenvalue weighted by Crippen LogP contribution is -2.28. The van der Waals surface area contributed by atoms with Crippen molar-refractivity contribution in [3.63, 3.8) is 0 Å². The first-order valence-corrected chi connectivity index (χ1v) is 7.15. The predicted octanol–water partition coefficient (Wildman–Crippen LogP) is 2.78. The van der Waals surface area contributed by atoms with Crippen LogP contribution in [0.2, 0.25) is 0 Å². The Morgan fingerprint density at radius 3 is 2.33 bits per heavy atom. The van der Waals surface area contributed by atoms with Gasteiger partial charge in [0.2, 0.25) is 0 Å². The summed E-state index contributed by atoms with van der Waals surface area (Å²) in [7, 11) is 6.24. The van der Waals surface area contributed by atoms with Gasteiger partial charge in [-0.05, 0) is 32.3 Å². The van der Waals surface area contributed by atoms with E-state index in [0.717, 1.165) is 40.7 Å². The molecule has 0 bridgehead atoms. The molecule has 0 N–H and O–H groups in total. The summed E-state index contributed by atoms with van der Waals surface area (Å²) >= 11 is 0. The first kappa shape index (κ1) is 13.8. The summed E-state index contributed by atoms with van der Waals surface area (Å²) in [5.74, 6) is 0.988. The van der Waals surface area contributed by atoms with Crippen LogP contribution in [0.4, 0.5) is 5.82 Å². The number of benzene rings is 1. The van der Waals surface area contributed by atoms with E-state index >= 15 is 0 Å². The average Bonchev–Trinajstić information content (AvgIpc) is 2.52. The van der Waals surface area contributed by atoms with Gasteiger partial charge in [-0.25, -0.2) is 4.98 Å². The Kier molecular flexibility index (Phi) is 3.71. The minimum Gasteiger partial charge on any atom is -0.358 e. The van der Waals surface area contributed by atoms with Crippen molar-refractivity contribution in [2.75, 3.05) is 39.1 Å². The lowest BCUT2D eigenvalue weighted by atomic mass is 10.1. The number of aromatic nitrogens is 2. The SMILES string of the molecule is CN(C)CCN(C)c1ccc2ccc3cccnc3c2n1. The Hall–Kier alpha value is -2.20. The topological polar surface area (TPSA) is 32.3 Å². The van der Waals surface area contributed by atoms with E-state index in [-0.39, 0.29) is 0 Å². The van der Waals surface area contributed by atoms with Gasteiger partial charge in [-0.15, -0.1) is 0 Å². The van der Waals surface area contributed by atoms with Gasteiger partial charge in [0.05, 0.1) is 11.0 Å². The zero-order valence-corrected chi connectivity index (χ0v) is 12.7. The number of pyridine rings is 2. The van der Waals surface area contributed by atoms with Gasteiger partial charge in [0, 0.05) is 37.1 Å². The quantitative estimate of drug-likeness (QED) is 0.688. The molecule has 0 fully saturated rings. The molecule has 108 valence electrons. The summed E-state index contributed by atoms with van der Waals surface area (Å²) in [4.78, 5) is 13.7. The minimum absolute atomic E-state index is 0.948. The second kappa shape index (κ2) is 5.66. The van der Waals surface area contributed by atoms with Gasteiger partial charge < -0.3 is 9.80 Å². The van der Waals surface area contributed by atoms with Crippen molar-refractivity contribution in [1.29, 1.82) is 0 Å². The summed E-state index contributed by atoms with van der Waals surface area (Å²) in [6, 6.07) is 12.4. The Labute approximate surface area is 125 Å². The number of likely N-dealkylation sites (N-methyl/N-ethyl adjacent to an activating group) is 2. The van der Waals surface area contributed by atoms with Crippen LogP contribution in [0.15, 0.2) is 42.6 Å². The third-order valence-corrected chi connectivity index (χ3v) is 3.69. The van der Waals surface area contributed by atoms with Crippen LogP contribution in [-0.4, -0.2) is 49.1 Å². The van der Waals surface area contributed by atoms with Crippen LogP contribution >= 0.6 is 0 Å². The van der Waals surface area contributed by atoms with Crippen molar-refractivity contribution >= 4 is 27.6 Å². The number of fused-ring (bicyclic) bond motifs is 3. The fraction of sp³-hybridized carbons (Fsp3) is 0.294. The molecule has 3 rings (SSSR count). The van der Waals surface area contributed by atoms with E-state index < -0.39 is 0 Å². The molecule has 0 atom stereocenters. The maximum atomic E-state index is 4.83. The van der Waals surface area contributed by atoms with Crippen molar-refractivity contribution in [2.45, 2.75) is 0 Å². The Morgan fingerprint density at radius 1 is 0.857 bits per heavy atom. The molecule has 4 heteroatoms. The molecule has 4 nitrogen and oxygen atoms in total. The predicted molar refractivity (Wildman–Crippen MR) is 88.9 cm³/mol. The number of nitrogens with zero attached hydrogens (tertiary/aromatic N) is 4. The van der Waals surface area contributed by atoms with Crippen molar-refractivity contribution in [2.24, 2.45) is 0 Å². The van der Waals surface area contributed by atoms with Gasteiger partial charge in [0.15, 0.2) is 0 Å². The molecule has 21 heavy (non-hydrogen) atoms. The zero-order chi connectivity index (χ0) is 14.8. The highest BCUT2D eigenvalue weighted by Crippen LogP contribution is 2.24. The lowest BCUT2D eigenvalue weighted by Gasteiger charge is -2.21. The second-order valence-corrected chi connectivity index (χ2v) is 5.61. The fourth-order valence-electron chi connectivity index (χ4n) is 2.39. The van der Waals surface area contributed by atoms with E-state index in [0.29, 0.717) is 0 Å². The van der Waals surface area contributed by atoms with Crippen LogP contribution in [0.3, 0.4) is 0 Å². The Balaban J connectivity index is 2.04. The van der Waals surface area contributed by atoms with Gasteiger partial charge in [-0.3, -0.25) is 4.98 Å². The molecule has 2 heterocycles. The van der Waals surface area contributed by atoms with Crippen LogP contribution < -0.4 is 4.90 Å². The minimum atomic E-state index is 0.948. The number of anilines is 1. The first-order chi connectivity index (χ1) is 10.1. The third kappa shape index (κ3) is 2.81. The van der Waals surface area contributed by atoms with Gasteiger partial charge in [0.25, 0.3) is 0 Å². The molecule has 0 amide bonds. The molecular weight excluding hydrogens is 260 g/mol. The number of rotatable bonds is 4.